The number of hydrogen-bond donors (Lipinski definition) is 0. The molecule has 0 unspecified atom stereocenters. The van der Waals surface area contributed by atoms with Gasteiger partial charge < -0.3 is 19.1 Å². The fourth-order valence-corrected chi connectivity index (χ4v) is 6.82. The average Bonchev–Trinajstić information content (AvgIpc) is 3.55. The van der Waals surface area contributed by atoms with Crippen molar-refractivity contribution in [2.45, 2.75) is 84.2 Å². The first-order chi connectivity index (χ1) is 21.8. The number of nitrogens with zero attached hydrogens (tertiary/aromatic N) is 8. The molecule has 2 atom stereocenters. The van der Waals surface area contributed by atoms with Crippen molar-refractivity contribution in [1.29, 1.82) is 0 Å². The Morgan fingerprint density at radius 2 is 1.85 bits per heavy atom. The average molecular weight is 633 g/mol. The zero-order valence-electron chi connectivity index (χ0n) is 27.7. The summed E-state index contributed by atoms with van der Waals surface area (Å²) in [4.78, 5) is 40.6. The van der Waals surface area contributed by atoms with Gasteiger partial charge >= 0.3 is 6.09 Å². The topological polar surface area (TPSA) is 99.9 Å². The quantitative estimate of drug-likeness (QED) is 0.404. The molecule has 11 nitrogen and oxygen atoms in total. The SMILES string of the molecule is C[C@@H]1CN(CC(=O)N2CC(C)(C)c3ncc(Cc4ccc(F)cc4)cc32)[C@@H](CN2CCn3cnnc3C2)CN1C(=O)OC(C)(C)C. The molecule has 0 saturated carbocycles. The van der Waals surface area contributed by atoms with E-state index in [1.165, 1.54) is 12.1 Å². The Labute approximate surface area is 270 Å². The fraction of sp³-hybridized carbons (Fsp3) is 0.559. The number of benzene rings is 1. The Kier molecular flexibility index (Phi) is 8.62. The van der Waals surface area contributed by atoms with Crippen molar-refractivity contribution in [2.75, 3.05) is 44.2 Å². The summed E-state index contributed by atoms with van der Waals surface area (Å²) in [6.45, 7) is 16.6. The van der Waals surface area contributed by atoms with Crippen LogP contribution in [-0.4, -0.2) is 103 Å². The number of piperazine rings is 1. The third kappa shape index (κ3) is 6.92. The van der Waals surface area contributed by atoms with Gasteiger partial charge in [0.2, 0.25) is 5.91 Å². The third-order valence-electron chi connectivity index (χ3n) is 9.14. The summed E-state index contributed by atoms with van der Waals surface area (Å²) < 4.78 is 21.3. The van der Waals surface area contributed by atoms with E-state index in [2.05, 4.69) is 44.5 Å². The Balaban J connectivity index is 1.22. The lowest BCUT2D eigenvalue weighted by molar-refractivity contribution is -0.121. The second-order valence-corrected chi connectivity index (χ2v) is 14.6. The van der Waals surface area contributed by atoms with Crippen LogP contribution >= 0.6 is 0 Å². The molecular formula is C34H45FN8O3. The van der Waals surface area contributed by atoms with E-state index in [-0.39, 0.29) is 41.9 Å². The predicted molar refractivity (Wildman–Crippen MR) is 172 cm³/mol. The van der Waals surface area contributed by atoms with E-state index >= 15 is 0 Å². The van der Waals surface area contributed by atoms with Gasteiger partial charge in [-0.1, -0.05) is 26.0 Å². The second-order valence-electron chi connectivity index (χ2n) is 14.6. The normalized spacial score (nSPS) is 21.6. The molecule has 3 aliphatic heterocycles. The van der Waals surface area contributed by atoms with Crippen LogP contribution in [0.25, 0.3) is 0 Å². The summed E-state index contributed by atoms with van der Waals surface area (Å²) in [5.74, 6) is 0.660. The third-order valence-corrected chi connectivity index (χ3v) is 9.14. The molecule has 12 heteroatoms. The molecule has 0 aliphatic carbocycles. The van der Waals surface area contributed by atoms with Gasteiger partial charge in [-0.25, -0.2) is 9.18 Å². The zero-order chi connectivity index (χ0) is 32.8. The molecule has 246 valence electrons. The molecule has 46 heavy (non-hydrogen) atoms. The lowest BCUT2D eigenvalue weighted by atomic mass is 9.91. The molecule has 3 aromatic rings. The van der Waals surface area contributed by atoms with Gasteiger partial charge in [-0.15, -0.1) is 10.2 Å². The first kappa shape index (κ1) is 32.1. The van der Waals surface area contributed by atoms with Crippen molar-refractivity contribution >= 4 is 17.7 Å². The van der Waals surface area contributed by atoms with E-state index < -0.39 is 5.60 Å². The highest BCUT2D eigenvalue weighted by molar-refractivity contribution is 5.97. The van der Waals surface area contributed by atoms with E-state index in [0.29, 0.717) is 39.1 Å². The Bertz CT molecular complexity index is 1580. The largest absolute Gasteiger partial charge is 0.444 e. The molecule has 2 amide bonds. The minimum absolute atomic E-state index is 0.00821. The van der Waals surface area contributed by atoms with E-state index in [4.69, 9.17) is 9.72 Å². The minimum atomic E-state index is -0.601. The van der Waals surface area contributed by atoms with Gasteiger partial charge in [0.1, 0.15) is 23.6 Å². The molecule has 1 aromatic carbocycles. The number of carbonyl (C=O) groups is 2. The Morgan fingerprint density at radius 3 is 2.59 bits per heavy atom. The molecule has 1 saturated heterocycles. The first-order valence-electron chi connectivity index (χ1n) is 16.1. The second kappa shape index (κ2) is 12.4. The number of fused-ring (bicyclic) bond motifs is 2. The smallest absolute Gasteiger partial charge is 0.410 e. The van der Waals surface area contributed by atoms with Crippen molar-refractivity contribution in [2.24, 2.45) is 0 Å². The highest BCUT2D eigenvalue weighted by Crippen LogP contribution is 2.40. The lowest BCUT2D eigenvalue weighted by Crippen LogP contribution is -2.63. The number of halogens is 1. The summed E-state index contributed by atoms with van der Waals surface area (Å²) >= 11 is 0. The number of rotatable bonds is 6. The first-order valence-corrected chi connectivity index (χ1v) is 16.1. The summed E-state index contributed by atoms with van der Waals surface area (Å²) in [6.07, 6.45) is 3.90. The summed E-state index contributed by atoms with van der Waals surface area (Å²) in [7, 11) is 0. The van der Waals surface area contributed by atoms with E-state index in [1.807, 2.05) is 43.7 Å². The molecule has 0 N–H and O–H groups in total. The van der Waals surface area contributed by atoms with Gasteiger partial charge in [0.25, 0.3) is 0 Å². The van der Waals surface area contributed by atoms with Crippen molar-refractivity contribution < 1.29 is 18.7 Å². The molecule has 0 radical (unpaired) electrons. The van der Waals surface area contributed by atoms with Gasteiger partial charge in [-0.05, 0) is 63.4 Å². The van der Waals surface area contributed by atoms with Crippen LogP contribution in [0.15, 0.2) is 42.9 Å². The highest BCUT2D eigenvalue weighted by atomic mass is 19.1. The highest BCUT2D eigenvalue weighted by Gasteiger charge is 2.42. The maximum atomic E-state index is 14.2. The number of pyridine rings is 1. The van der Waals surface area contributed by atoms with Crippen LogP contribution in [0.3, 0.4) is 0 Å². The molecule has 2 aromatic heterocycles. The van der Waals surface area contributed by atoms with Crippen LogP contribution in [-0.2, 0) is 34.5 Å². The van der Waals surface area contributed by atoms with Crippen LogP contribution < -0.4 is 4.90 Å². The molecule has 0 bridgehead atoms. The van der Waals surface area contributed by atoms with Crippen molar-refractivity contribution in [1.82, 2.24) is 34.4 Å². The number of ether oxygens (including phenoxy) is 1. The summed E-state index contributed by atoms with van der Waals surface area (Å²) in [6, 6.07) is 8.32. The van der Waals surface area contributed by atoms with Crippen LogP contribution in [0.1, 0.15) is 64.2 Å². The van der Waals surface area contributed by atoms with Crippen molar-refractivity contribution in [3.05, 3.63) is 71.3 Å². The van der Waals surface area contributed by atoms with Gasteiger partial charge in [-0.3, -0.25) is 19.6 Å². The molecule has 5 heterocycles. The number of carbonyl (C=O) groups excluding carboxylic acids is 2. The summed E-state index contributed by atoms with van der Waals surface area (Å²) in [5.41, 5.74) is 2.79. The van der Waals surface area contributed by atoms with Crippen molar-refractivity contribution in [3.63, 3.8) is 0 Å². The van der Waals surface area contributed by atoms with Gasteiger partial charge in [-0.2, -0.15) is 0 Å². The molecule has 1 fully saturated rings. The van der Waals surface area contributed by atoms with Crippen LogP contribution in [0, 0.1) is 5.82 Å². The monoisotopic (exact) mass is 632 g/mol. The van der Waals surface area contributed by atoms with Crippen LogP contribution in [0.5, 0.6) is 0 Å². The van der Waals surface area contributed by atoms with E-state index in [9.17, 15) is 14.0 Å². The maximum absolute atomic E-state index is 14.2. The van der Waals surface area contributed by atoms with Gasteiger partial charge in [0.15, 0.2) is 0 Å². The zero-order valence-corrected chi connectivity index (χ0v) is 27.7. The lowest BCUT2D eigenvalue weighted by Gasteiger charge is -2.46. The van der Waals surface area contributed by atoms with Gasteiger partial charge in [0.05, 0.1) is 24.5 Å². The standard InChI is InChI=1S/C34H45FN8O3/c1-23-16-41(27(18-42(23)32(45)46-33(2,3)4)17-39-11-12-40-22-37-38-29(40)19-39)20-30(44)43-21-34(5,6)31-28(43)14-25(15-36-31)13-24-7-9-26(35)10-8-24/h7-10,14-15,22-23,27H,11-13,16-21H2,1-6H3/t23-,27+/m1/s1. The molecule has 3 aliphatic rings. The number of amides is 2. The van der Waals surface area contributed by atoms with Gasteiger partial charge in [0, 0.05) is 63.0 Å². The fourth-order valence-electron chi connectivity index (χ4n) is 6.82. The minimum Gasteiger partial charge on any atom is -0.444 e. The Hall–Kier alpha value is -3.90. The number of anilines is 1. The molecule has 6 rings (SSSR count). The van der Waals surface area contributed by atoms with Crippen LogP contribution in [0.2, 0.25) is 0 Å². The number of aromatic nitrogens is 4. The number of hydrogen-bond acceptors (Lipinski definition) is 8. The molecular weight excluding hydrogens is 587 g/mol. The van der Waals surface area contributed by atoms with Crippen molar-refractivity contribution in [3.8, 4) is 0 Å². The predicted octanol–water partition coefficient (Wildman–Crippen LogP) is 3.85. The Morgan fingerprint density at radius 1 is 1.09 bits per heavy atom. The summed E-state index contributed by atoms with van der Waals surface area (Å²) in [5, 5.41) is 8.34. The molecule has 0 spiro atoms. The van der Waals surface area contributed by atoms with E-state index in [1.54, 1.807) is 18.5 Å². The van der Waals surface area contributed by atoms with Crippen LogP contribution in [0.4, 0.5) is 14.9 Å². The van der Waals surface area contributed by atoms with E-state index in [0.717, 1.165) is 41.4 Å². The maximum Gasteiger partial charge on any atom is 0.410 e.